The number of ether oxygens (including phenoxy) is 3. The van der Waals surface area contributed by atoms with Crippen LogP contribution in [-0.4, -0.2) is 43.0 Å². The Kier molecular flexibility index (Phi) is 6.44. The highest BCUT2D eigenvalue weighted by molar-refractivity contribution is 8.00. The van der Waals surface area contributed by atoms with Crippen LogP contribution in [0.15, 0.2) is 24.3 Å². The molecule has 2 atom stereocenters. The van der Waals surface area contributed by atoms with Gasteiger partial charge in [0.25, 0.3) is 0 Å². The van der Waals surface area contributed by atoms with Gasteiger partial charge in [0.15, 0.2) is 11.5 Å². The molecule has 0 aliphatic carbocycles. The van der Waals surface area contributed by atoms with E-state index in [-0.39, 0.29) is 24.0 Å². The number of benzene rings is 1. The van der Waals surface area contributed by atoms with E-state index >= 15 is 0 Å². The van der Waals surface area contributed by atoms with Crippen LogP contribution in [0.3, 0.4) is 0 Å². The fraction of sp³-hybridized carbons (Fsp3) is 0.438. The van der Waals surface area contributed by atoms with Crippen molar-refractivity contribution in [3.63, 3.8) is 0 Å². The van der Waals surface area contributed by atoms with E-state index in [4.69, 9.17) is 20.6 Å². The van der Waals surface area contributed by atoms with Crippen molar-refractivity contribution in [2.75, 3.05) is 25.6 Å². The van der Waals surface area contributed by atoms with E-state index < -0.39 is 0 Å². The topological polar surface area (TPSA) is 56.8 Å². The Morgan fingerprint density at radius 3 is 2.82 bits per heavy atom. The van der Waals surface area contributed by atoms with Gasteiger partial charge in [-0.05, 0) is 19.1 Å². The predicted molar refractivity (Wildman–Crippen MR) is 86.1 cm³/mol. The van der Waals surface area contributed by atoms with Crippen molar-refractivity contribution in [1.29, 1.82) is 0 Å². The summed E-state index contributed by atoms with van der Waals surface area (Å²) in [6.07, 6.45) is 5.20. The van der Waals surface area contributed by atoms with Gasteiger partial charge in [-0.3, -0.25) is 10.1 Å². The van der Waals surface area contributed by atoms with E-state index in [1.54, 1.807) is 18.7 Å². The first-order chi connectivity index (χ1) is 10.7. The van der Waals surface area contributed by atoms with Crippen LogP contribution in [0.2, 0.25) is 0 Å². The number of rotatable bonds is 7. The summed E-state index contributed by atoms with van der Waals surface area (Å²) in [5.41, 5.74) is 0. The fourth-order valence-corrected chi connectivity index (χ4v) is 3.06. The zero-order valence-electron chi connectivity index (χ0n) is 12.4. The molecule has 22 heavy (non-hydrogen) atoms. The quantitative estimate of drug-likeness (QED) is 0.609. The lowest BCUT2D eigenvalue weighted by Crippen LogP contribution is -2.39. The summed E-state index contributed by atoms with van der Waals surface area (Å²) in [4.78, 5) is 11.7. The maximum absolute atomic E-state index is 11.7. The second-order valence-corrected chi connectivity index (χ2v) is 5.78. The van der Waals surface area contributed by atoms with E-state index in [0.717, 1.165) is 0 Å². The zero-order valence-corrected chi connectivity index (χ0v) is 13.2. The molecule has 1 saturated heterocycles. The second kappa shape index (κ2) is 8.57. The smallest absolute Gasteiger partial charge is 0.324 e. The van der Waals surface area contributed by atoms with Crippen LogP contribution in [0.1, 0.15) is 6.92 Å². The second-order valence-electron chi connectivity index (χ2n) is 4.54. The maximum Gasteiger partial charge on any atom is 0.324 e. The van der Waals surface area contributed by atoms with Crippen LogP contribution < -0.4 is 14.8 Å². The van der Waals surface area contributed by atoms with Crippen molar-refractivity contribution in [3.8, 4) is 23.8 Å². The van der Waals surface area contributed by atoms with Gasteiger partial charge in [0.2, 0.25) is 0 Å². The molecule has 1 aromatic carbocycles. The van der Waals surface area contributed by atoms with E-state index in [1.807, 2.05) is 24.3 Å². The molecule has 2 unspecified atom stereocenters. The third kappa shape index (κ3) is 4.58. The minimum absolute atomic E-state index is 0.0371. The van der Waals surface area contributed by atoms with E-state index in [9.17, 15) is 4.79 Å². The number of terminal acetylenes is 1. The molecule has 2 rings (SSSR count). The van der Waals surface area contributed by atoms with E-state index in [0.29, 0.717) is 30.5 Å². The molecule has 0 saturated carbocycles. The SMILES string of the molecule is C#CCOc1ccccc1OCC1NC(C(=O)OCC)CS1. The average molecular weight is 321 g/mol. The maximum atomic E-state index is 11.7. The molecule has 0 aromatic heterocycles. The van der Waals surface area contributed by atoms with Crippen LogP contribution in [-0.2, 0) is 9.53 Å². The lowest BCUT2D eigenvalue weighted by atomic mass is 10.3. The number of nitrogens with one attached hydrogen (secondary N) is 1. The predicted octanol–water partition coefficient (Wildman–Crippen LogP) is 1.67. The number of hydrogen-bond donors (Lipinski definition) is 1. The van der Waals surface area contributed by atoms with Crippen molar-refractivity contribution in [2.45, 2.75) is 18.3 Å². The molecule has 1 aliphatic rings. The van der Waals surface area contributed by atoms with E-state index in [1.165, 1.54) is 0 Å². The first-order valence-electron chi connectivity index (χ1n) is 7.07. The minimum Gasteiger partial charge on any atom is -0.487 e. The van der Waals surface area contributed by atoms with Crippen molar-refractivity contribution in [3.05, 3.63) is 24.3 Å². The average Bonchev–Trinajstić information content (AvgIpc) is 3.01. The summed E-state index contributed by atoms with van der Waals surface area (Å²) in [5, 5.41) is 3.24. The molecular weight excluding hydrogens is 302 g/mol. The van der Waals surface area contributed by atoms with Gasteiger partial charge < -0.3 is 14.2 Å². The fourth-order valence-electron chi connectivity index (χ4n) is 1.98. The van der Waals surface area contributed by atoms with Crippen LogP contribution in [0.25, 0.3) is 0 Å². The Morgan fingerprint density at radius 1 is 1.41 bits per heavy atom. The molecule has 1 fully saturated rings. The summed E-state index contributed by atoms with van der Waals surface area (Å²) in [6, 6.07) is 7.09. The Hall–Kier alpha value is -1.84. The van der Waals surface area contributed by atoms with Crippen LogP contribution >= 0.6 is 11.8 Å². The van der Waals surface area contributed by atoms with Gasteiger partial charge in [-0.15, -0.1) is 18.2 Å². The van der Waals surface area contributed by atoms with Crippen molar-refractivity contribution in [1.82, 2.24) is 5.32 Å². The van der Waals surface area contributed by atoms with Crippen LogP contribution in [0.5, 0.6) is 11.5 Å². The molecule has 118 valence electrons. The monoisotopic (exact) mass is 321 g/mol. The summed E-state index contributed by atoms with van der Waals surface area (Å²) in [6.45, 7) is 2.81. The molecule has 1 heterocycles. The normalized spacial score (nSPS) is 20.2. The number of hydrogen-bond acceptors (Lipinski definition) is 6. The van der Waals surface area contributed by atoms with Crippen LogP contribution in [0.4, 0.5) is 0 Å². The molecule has 0 bridgehead atoms. The Labute approximate surface area is 134 Å². The van der Waals surface area contributed by atoms with Crippen molar-refractivity contribution < 1.29 is 19.0 Å². The van der Waals surface area contributed by atoms with Gasteiger partial charge in [0.1, 0.15) is 19.3 Å². The van der Waals surface area contributed by atoms with Gasteiger partial charge in [0.05, 0.1) is 12.0 Å². The molecule has 0 radical (unpaired) electrons. The van der Waals surface area contributed by atoms with Crippen molar-refractivity contribution >= 4 is 17.7 Å². The number of carbonyl (C=O) groups is 1. The highest BCUT2D eigenvalue weighted by Gasteiger charge is 2.31. The first kappa shape index (κ1) is 16.5. The number of thioether (sulfide) groups is 1. The first-order valence-corrected chi connectivity index (χ1v) is 8.11. The summed E-state index contributed by atoms with van der Waals surface area (Å²) < 4.78 is 16.2. The molecule has 5 nitrogen and oxygen atoms in total. The van der Waals surface area contributed by atoms with Gasteiger partial charge in [-0.25, -0.2) is 0 Å². The van der Waals surface area contributed by atoms with Crippen LogP contribution in [0, 0.1) is 12.3 Å². The van der Waals surface area contributed by atoms with Gasteiger partial charge in [-0.2, -0.15) is 0 Å². The Bertz CT molecular complexity index is 543. The Morgan fingerprint density at radius 2 is 2.14 bits per heavy atom. The third-order valence-corrected chi connectivity index (χ3v) is 4.17. The summed E-state index contributed by atoms with van der Waals surface area (Å²) >= 11 is 1.64. The number of carbonyl (C=O) groups excluding carboxylic acids is 1. The zero-order chi connectivity index (χ0) is 15.8. The molecule has 1 aliphatic heterocycles. The Balaban J connectivity index is 1.84. The third-order valence-electron chi connectivity index (χ3n) is 2.97. The summed E-state index contributed by atoms with van der Waals surface area (Å²) in [7, 11) is 0. The highest BCUT2D eigenvalue weighted by Crippen LogP contribution is 2.28. The van der Waals surface area contributed by atoms with Gasteiger partial charge in [0, 0.05) is 5.75 Å². The lowest BCUT2D eigenvalue weighted by molar-refractivity contribution is -0.144. The number of esters is 1. The highest BCUT2D eigenvalue weighted by atomic mass is 32.2. The van der Waals surface area contributed by atoms with Gasteiger partial charge in [-0.1, -0.05) is 18.1 Å². The molecule has 1 N–H and O–H groups in total. The molecule has 0 spiro atoms. The minimum atomic E-state index is -0.272. The standard InChI is InChI=1S/C16H19NO4S/c1-3-9-20-13-7-5-6-8-14(13)21-10-15-17-12(11-22-15)16(18)19-4-2/h1,5-8,12,15,17H,4,9-11H2,2H3. The van der Waals surface area contributed by atoms with E-state index in [2.05, 4.69) is 11.2 Å². The number of para-hydroxylation sites is 2. The molecule has 1 aromatic rings. The summed E-state index contributed by atoms with van der Waals surface area (Å²) in [5.74, 6) is 4.15. The molecular formula is C16H19NO4S. The van der Waals surface area contributed by atoms with Gasteiger partial charge >= 0.3 is 5.97 Å². The lowest BCUT2D eigenvalue weighted by Gasteiger charge is -2.15. The molecule has 0 amide bonds. The van der Waals surface area contributed by atoms with Crippen molar-refractivity contribution in [2.24, 2.45) is 0 Å². The largest absolute Gasteiger partial charge is 0.487 e. The molecule has 6 heteroatoms.